The lowest BCUT2D eigenvalue weighted by Crippen LogP contribution is -2.40. The number of amides is 1. The fourth-order valence-corrected chi connectivity index (χ4v) is 1.19. The average molecular weight is 208 g/mol. The average Bonchev–Trinajstić information content (AvgIpc) is 2.26. The molecule has 3 N–H and O–H groups in total. The molecular formula is C11H16N2O2. The molecule has 0 aromatic heterocycles. The lowest BCUT2D eigenvalue weighted by Gasteiger charge is -2.11. The molecule has 1 aromatic rings. The molecule has 0 bridgehead atoms. The van der Waals surface area contributed by atoms with Crippen LogP contribution in [0.1, 0.15) is 12.5 Å². The molecule has 0 aliphatic heterocycles. The van der Waals surface area contributed by atoms with E-state index in [2.05, 4.69) is 10.6 Å². The first-order valence-electron chi connectivity index (χ1n) is 4.86. The summed E-state index contributed by atoms with van der Waals surface area (Å²) in [6, 6.07) is 6.67. The van der Waals surface area contributed by atoms with E-state index in [-0.39, 0.29) is 17.7 Å². The molecule has 1 atom stereocenters. The molecule has 0 aliphatic carbocycles. The summed E-state index contributed by atoms with van der Waals surface area (Å²) in [4.78, 5) is 11.2. The number of nitrogens with one attached hydrogen (secondary N) is 2. The van der Waals surface area contributed by atoms with Crippen LogP contribution >= 0.6 is 0 Å². The number of phenols is 1. The quantitative estimate of drug-likeness (QED) is 0.679. The van der Waals surface area contributed by atoms with Crippen LogP contribution in [0.5, 0.6) is 5.75 Å². The second-order valence-electron chi connectivity index (χ2n) is 3.38. The molecular weight excluding hydrogens is 192 g/mol. The van der Waals surface area contributed by atoms with Crippen LogP contribution in [0, 0.1) is 0 Å². The minimum atomic E-state index is -0.219. The molecule has 1 aromatic carbocycles. The first-order valence-corrected chi connectivity index (χ1v) is 4.86. The summed E-state index contributed by atoms with van der Waals surface area (Å²) >= 11 is 0. The zero-order valence-electron chi connectivity index (χ0n) is 8.95. The lowest BCUT2D eigenvalue weighted by molar-refractivity contribution is -0.122. The van der Waals surface area contributed by atoms with Gasteiger partial charge in [-0.15, -0.1) is 0 Å². The Balaban J connectivity index is 2.43. The van der Waals surface area contributed by atoms with E-state index in [0.29, 0.717) is 6.54 Å². The largest absolute Gasteiger partial charge is 0.508 e. The normalized spacial score (nSPS) is 12.1. The maximum Gasteiger partial charge on any atom is 0.236 e. The summed E-state index contributed by atoms with van der Waals surface area (Å²) in [7, 11) is 1.61. The van der Waals surface area contributed by atoms with E-state index in [1.807, 2.05) is 12.1 Å². The summed E-state index contributed by atoms with van der Waals surface area (Å²) in [6.07, 6.45) is 0. The lowest BCUT2D eigenvalue weighted by atomic mass is 10.2. The Labute approximate surface area is 89.3 Å². The molecule has 0 heterocycles. The topological polar surface area (TPSA) is 61.4 Å². The number of carbonyl (C=O) groups excluding carboxylic acids is 1. The zero-order valence-corrected chi connectivity index (χ0v) is 8.95. The van der Waals surface area contributed by atoms with E-state index >= 15 is 0 Å². The fraction of sp³-hybridized carbons (Fsp3) is 0.364. The third-order valence-electron chi connectivity index (χ3n) is 2.19. The van der Waals surface area contributed by atoms with Gasteiger partial charge in [-0.2, -0.15) is 0 Å². The van der Waals surface area contributed by atoms with Gasteiger partial charge in [0.15, 0.2) is 0 Å². The van der Waals surface area contributed by atoms with Crippen molar-refractivity contribution in [2.75, 3.05) is 7.05 Å². The van der Waals surface area contributed by atoms with Crippen molar-refractivity contribution in [3.63, 3.8) is 0 Å². The Kier molecular flexibility index (Phi) is 4.12. The van der Waals surface area contributed by atoms with Crippen LogP contribution in [0.15, 0.2) is 24.3 Å². The number of rotatable bonds is 4. The molecule has 1 amide bonds. The number of hydrogen-bond acceptors (Lipinski definition) is 3. The van der Waals surface area contributed by atoms with Crippen molar-refractivity contribution in [2.45, 2.75) is 19.5 Å². The highest BCUT2D eigenvalue weighted by Gasteiger charge is 2.08. The van der Waals surface area contributed by atoms with Gasteiger partial charge in [0.1, 0.15) is 5.75 Å². The van der Waals surface area contributed by atoms with Crippen molar-refractivity contribution in [3.8, 4) is 5.75 Å². The van der Waals surface area contributed by atoms with E-state index in [4.69, 9.17) is 5.11 Å². The zero-order chi connectivity index (χ0) is 11.3. The molecule has 82 valence electrons. The monoisotopic (exact) mass is 208 g/mol. The SMILES string of the molecule is CNC(=O)C(C)NCc1ccc(O)cc1. The van der Waals surface area contributed by atoms with Gasteiger partial charge in [0.2, 0.25) is 5.91 Å². The Morgan fingerprint density at radius 2 is 2.00 bits per heavy atom. The van der Waals surface area contributed by atoms with Gasteiger partial charge in [-0.1, -0.05) is 12.1 Å². The number of likely N-dealkylation sites (N-methyl/N-ethyl adjacent to an activating group) is 1. The van der Waals surface area contributed by atoms with E-state index in [1.165, 1.54) is 0 Å². The Bertz CT molecular complexity index is 322. The van der Waals surface area contributed by atoms with Gasteiger partial charge in [-0.3, -0.25) is 4.79 Å². The van der Waals surface area contributed by atoms with Crippen molar-refractivity contribution < 1.29 is 9.90 Å². The van der Waals surface area contributed by atoms with E-state index in [1.54, 1.807) is 26.1 Å². The van der Waals surface area contributed by atoms with Gasteiger partial charge >= 0.3 is 0 Å². The van der Waals surface area contributed by atoms with E-state index < -0.39 is 0 Å². The number of aromatic hydroxyl groups is 1. The molecule has 0 aliphatic rings. The second-order valence-corrected chi connectivity index (χ2v) is 3.38. The van der Waals surface area contributed by atoms with Crippen molar-refractivity contribution in [2.24, 2.45) is 0 Å². The highest BCUT2D eigenvalue weighted by Crippen LogP contribution is 2.09. The van der Waals surface area contributed by atoms with Crippen LogP contribution in [0.2, 0.25) is 0 Å². The van der Waals surface area contributed by atoms with Crippen molar-refractivity contribution in [1.29, 1.82) is 0 Å². The molecule has 4 heteroatoms. The number of benzene rings is 1. The Hall–Kier alpha value is -1.55. The fourth-order valence-electron chi connectivity index (χ4n) is 1.19. The molecule has 0 radical (unpaired) electrons. The summed E-state index contributed by atoms with van der Waals surface area (Å²) in [5.74, 6) is 0.215. The van der Waals surface area contributed by atoms with E-state index in [0.717, 1.165) is 5.56 Å². The van der Waals surface area contributed by atoms with Gasteiger partial charge in [0.05, 0.1) is 6.04 Å². The van der Waals surface area contributed by atoms with Crippen LogP contribution in [0.3, 0.4) is 0 Å². The molecule has 0 saturated heterocycles. The molecule has 0 spiro atoms. The maximum absolute atomic E-state index is 11.2. The van der Waals surface area contributed by atoms with Gasteiger partial charge in [0.25, 0.3) is 0 Å². The summed E-state index contributed by atoms with van der Waals surface area (Å²) in [6.45, 7) is 2.41. The highest BCUT2D eigenvalue weighted by atomic mass is 16.3. The molecule has 1 rings (SSSR count). The molecule has 1 unspecified atom stereocenters. The summed E-state index contributed by atoms with van der Waals surface area (Å²) < 4.78 is 0. The van der Waals surface area contributed by atoms with Crippen LogP contribution in [-0.4, -0.2) is 24.1 Å². The van der Waals surface area contributed by atoms with Crippen molar-refractivity contribution in [3.05, 3.63) is 29.8 Å². The molecule has 15 heavy (non-hydrogen) atoms. The molecule has 4 nitrogen and oxygen atoms in total. The van der Waals surface area contributed by atoms with Gasteiger partial charge in [0, 0.05) is 13.6 Å². The Morgan fingerprint density at radius 1 is 1.40 bits per heavy atom. The first kappa shape index (κ1) is 11.5. The number of carbonyl (C=O) groups is 1. The van der Waals surface area contributed by atoms with Crippen LogP contribution < -0.4 is 10.6 Å². The summed E-state index contributed by atoms with van der Waals surface area (Å²) in [5, 5.41) is 14.7. The third-order valence-corrected chi connectivity index (χ3v) is 2.19. The van der Waals surface area contributed by atoms with Gasteiger partial charge in [-0.25, -0.2) is 0 Å². The van der Waals surface area contributed by atoms with Crippen LogP contribution in [0.4, 0.5) is 0 Å². The van der Waals surface area contributed by atoms with Gasteiger partial charge < -0.3 is 15.7 Å². The highest BCUT2D eigenvalue weighted by molar-refractivity contribution is 5.80. The third kappa shape index (κ3) is 3.59. The predicted molar refractivity (Wildman–Crippen MR) is 58.5 cm³/mol. The van der Waals surface area contributed by atoms with Crippen molar-refractivity contribution in [1.82, 2.24) is 10.6 Å². The smallest absolute Gasteiger partial charge is 0.236 e. The number of phenolic OH excluding ortho intramolecular Hbond substituents is 1. The molecule has 0 fully saturated rings. The minimum absolute atomic E-state index is 0.0335. The molecule has 0 saturated carbocycles. The second kappa shape index (κ2) is 5.36. The maximum atomic E-state index is 11.2. The van der Waals surface area contributed by atoms with Crippen LogP contribution in [0.25, 0.3) is 0 Å². The minimum Gasteiger partial charge on any atom is -0.508 e. The Morgan fingerprint density at radius 3 is 2.53 bits per heavy atom. The summed E-state index contributed by atoms with van der Waals surface area (Å²) in [5.41, 5.74) is 1.03. The van der Waals surface area contributed by atoms with Gasteiger partial charge in [-0.05, 0) is 24.6 Å². The predicted octanol–water partition coefficient (Wildman–Crippen LogP) is 0.616. The number of hydrogen-bond donors (Lipinski definition) is 3. The van der Waals surface area contributed by atoms with E-state index in [9.17, 15) is 4.79 Å². The van der Waals surface area contributed by atoms with Crippen LogP contribution in [-0.2, 0) is 11.3 Å². The standard InChI is InChI=1S/C11H16N2O2/c1-8(11(15)12-2)13-7-9-3-5-10(14)6-4-9/h3-6,8,13-14H,7H2,1-2H3,(H,12,15). The first-order chi connectivity index (χ1) is 7.13. The van der Waals surface area contributed by atoms with Crippen molar-refractivity contribution >= 4 is 5.91 Å².